The van der Waals surface area contributed by atoms with Crippen molar-refractivity contribution in [2.45, 2.75) is 19.4 Å². The predicted molar refractivity (Wildman–Crippen MR) is 55.3 cm³/mol. The lowest BCUT2D eigenvalue weighted by Gasteiger charge is -2.23. The highest BCUT2D eigenvalue weighted by Gasteiger charge is 2.21. The number of thiophene rings is 1. The van der Waals surface area contributed by atoms with Gasteiger partial charge in [0.05, 0.1) is 6.61 Å². The molecule has 0 amide bonds. The summed E-state index contributed by atoms with van der Waals surface area (Å²) < 4.78 is 5.71. The minimum absolute atomic E-state index is 0.295. The fraction of sp³-hybridized carbons (Fsp3) is 0.600. The fourth-order valence-electron chi connectivity index (χ4n) is 1.65. The molecule has 2 rings (SSSR count). The van der Waals surface area contributed by atoms with Crippen molar-refractivity contribution in [3.8, 4) is 0 Å². The van der Waals surface area contributed by atoms with Gasteiger partial charge in [-0.15, -0.1) is 11.3 Å². The molecule has 0 radical (unpaired) electrons. The molecule has 0 spiro atoms. The second kappa shape index (κ2) is 4.22. The summed E-state index contributed by atoms with van der Waals surface area (Å²) in [5.74, 6) is 0. The summed E-state index contributed by atoms with van der Waals surface area (Å²) in [5, 5.41) is 5.50. The van der Waals surface area contributed by atoms with E-state index in [0.29, 0.717) is 6.10 Å². The van der Waals surface area contributed by atoms with Gasteiger partial charge in [0.15, 0.2) is 0 Å². The SMILES string of the molecule is CCNC[C@@H]1OCCc2ccsc21. The summed E-state index contributed by atoms with van der Waals surface area (Å²) in [4.78, 5) is 1.42. The average molecular weight is 197 g/mol. The molecular weight excluding hydrogens is 182 g/mol. The third kappa shape index (κ3) is 1.93. The van der Waals surface area contributed by atoms with Crippen molar-refractivity contribution in [2.24, 2.45) is 0 Å². The van der Waals surface area contributed by atoms with Crippen LogP contribution in [-0.4, -0.2) is 19.7 Å². The van der Waals surface area contributed by atoms with Crippen molar-refractivity contribution in [1.82, 2.24) is 5.32 Å². The van der Waals surface area contributed by atoms with Crippen molar-refractivity contribution < 1.29 is 4.74 Å². The van der Waals surface area contributed by atoms with Crippen LogP contribution in [-0.2, 0) is 11.2 Å². The van der Waals surface area contributed by atoms with Crippen LogP contribution in [0.3, 0.4) is 0 Å². The maximum absolute atomic E-state index is 5.71. The van der Waals surface area contributed by atoms with Crippen molar-refractivity contribution in [2.75, 3.05) is 19.7 Å². The Morgan fingerprint density at radius 3 is 3.46 bits per heavy atom. The number of hydrogen-bond donors (Lipinski definition) is 1. The number of fused-ring (bicyclic) bond motifs is 1. The first-order valence-corrected chi connectivity index (χ1v) is 5.68. The van der Waals surface area contributed by atoms with E-state index in [1.165, 1.54) is 10.4 Å². The highest BCUT2D eigenvalue weighted by Crippen LogP contribution is 2.30. The van der Waals surface area contributed by atoms with E-state index in [2.05, 4.69) is 23.7 Å². The Bertz CT molecular complexity index is 272. The lowest BCUT2D eigenvalue weighted by Crippen LogP contribution is -2.26. The third-order valence-corrected chi connectivity index (χ3v) is 3.39. The fourth-order valence-corrected chi connectivity index (χ4v) is 2.65. The standard InChI is InChI=1S/C10H15NOS/c1-2-11-7-9-10-8(3-5-12-9)4-6-13-10/h4,6,9,11H,2-3,5,7H2,1H3/t9-/m0/s1. The van der Waals surface area contributed by atoms with Crippen molar-refractivity contribution >= 4 is 11.3 Å². The quantitative estimate of drug-likeness (QED) is 0.800. The van der Waals surface area contributed by atoms with E-state index >= 15 is 0 Å². The molecular formula is C10H15NOS. The molecule has 1 atom stereocenters. The summed E-state index contributed by atoms with van der Waals surface area (Å²) in [6, 6.07) is 2.22. The Balaban J connectivity index is 2.07. The first kappa shape index (κ1) is 9.19. The van der Waals surface area contributed by atoms with Gasteiger partial charge in [0.25, 0.3) is 0 Å². The van der Waals surface area contributed by atoms with Crippen molar-refractivity contribution in [3.05, 3.63) is 21.9 Å². The largest absolute Gasteiger partial charge is 0.371 e. The van der Waals surface area contributed by atoms with Crippen LogP contribution in [0.4, 0.5) is 0 Å². The van der Waals surface area contributed by atoms with Gasteiger partial charge in [0, 0.05) is 11.4 Å². The molecule has 0 saturated carbocycles. The Labute approximate surface area is 82.9 Å². The van der Waals surface area contributed by atoms with E-state index < -0.39 is 0 Å². The summed E-state index contributed by atoms with van der Waals surface area (Å²) >= 11 is 1.82. The second-order valence-electron chi connectivity index (χ2n) is 3.23. The summed E-state index contributed by atoms with van der Waals surface area (Å²) in [5.41, 5.74) is 1.49. The van der Waals surface area contributed by atoms with Gasteiger partial charge in [-0.2, -0.15) is 0 Å². The van der Waals surface area contributed by atoms with E-state index in [4.69, 9.17) is 4.74 Å². The van der Waals surface area contributed by atoms with Crippen LogP contribution in [0.5, 0.6) is 0 Å². The first-order valence-electron chi connectivity index (χ1n) is 4.80. The van der Waals surface area contributed by atoms with E-state index in [1.54, 1.807) is 0 Å². The Morgan fingerprint density at radius 2 is 2.62 bits per heavy atom. The molecule has 2 nitrogen and oxygen atoms in total. The Kier molecular flexibility index (Phi) is 2.98. The minimum atomic E-state index is 0.295. The molecule has 3 heteroatoms. The van der Waals surface area contributed by atoms with Crippen LogP contribution in [0, 0.1) is 0 Å². The third-order valence-electron chi connectivity index (χ3n) is 2.34. The average Bonchev–Trinajstić information content (AvgIpc) is 2.62. The molecule has 1 aromatic heterocycles. The van der Waals surface area contributed by atoms with E-state index in [-0.39, 0.29) is 0 Å². The summed E-state index contributed by atoms with van der Waals surface area (Å²) in [6.45, 7) is 4.96. The highest BCUT2D eigenvalue weighted by molar-refractivity contribution is 7.10. The van der Waals surface area contributed by atoms with Gasteiger partial charge in [0.1, 0.15) is 6.10 Å². The molecule has 0 saturated heterocycles. The number of likely N-dealkylation sites (N-methyl/N-ethyl adjacent to an activating group) is 1. The predicted octanol–water partition coefficient (Wildman–Crippen LogP) is 1.97. The van der Waals surface area contributed by atoms with Crippen molar-refractivity contribution in [3.63, 3.8) is 0 Å². The molecule has 1 aromatic rings. The zero-order valence-corrected chi connectivity index (χ0v) is 8.69. The first-order chi connectivity index (χ1) is 6.42. The minimum Gasteiger partial charge on any atom is -0.371 e. The summed E-state index contributed by atoms with van der Waals surface area (Å²) in [7, 11) is 0. The van der Waals surface area contributed by atoms with Gasteiger partial charge < -0.3 is 10.1 Å². The zero-order valence-electron chi connectivity index (χ0n) is 7.88. The molecule has 0 fully saturated rings. The number of rotatable bonds is 3. The van der Waals surface area contributed by atoms with E-state index in [1.807, 2.05) is 11.3 Å². The van der Waals surface area contributed by atoms with Crippen LogP contribution in [0.1, 0.15) is 23.5 Å². The molecule has 1 N–H and O–H groups in total. The van der Waals surface area contributed by atoms with Gasteiger partial charge in [-0.1, -0.05) is 6.92 Å². The normalized spacial score (nSPS) is 21.5. The number of nitrogens with one attached hydrogen (secondary N) is 1. The maximum atomic E-state index is 5.71. The second-order valence-corrected chi connectivity index (χ2v) is 4.17. The lowest BCUT2D eigenvalue weighted by molar-refractivity contribution is 0.0459. The molecule has 2 heterocycles. The Hall–Kier alpha value is -0.380. The number of ether oxygens (including phenoxy) is 1. The highest BCUT2D eigenvalue weighted by atomic mass is 32.1. The van der Waals surface area contributed by atoms with Crippen LogP contribution in [0.15, 0.2) is 11.4 Å². The van der Waals surface area contributed by atoms with Gasteiger partial charge in [0.2, 0.25) is 0 Å². The monoisotopic (exact) mass is 197 g/mol. The van der Waals surface area contributed by atoms with Gasteiger partial charge in [-0.05, 0) is 30.0 Å². The van der Waals surface area contributed by atoms with E-state index in [0.717, 1.165) is 26.1 Å². The van der Waals surface area contributed by atoms with Gasteiger partial charge >= 0.3 is 0 Å². The lowest BCUT2D eigenvalue weighted by atomic mass is 10.1. The van der Waals surface area contributed by atoms with Crippen LogP contribution in [0.25, 0.3) is 0 Å². The molecule has 0 unspecified atom stereocenters. The van der Waals surface area contributed by atoms with Crippen LogP contribution in [0.2, 0.25) is 0 Å². The molecule has 0 aliphatic carbocycles. The van der Waals surface area contributed by atoms with E-state index in [9.17, 15) is 0 Å². The summed E-state index contributed by atoms with van der Waals surface area (Å²) in [6.07, 6.45) is 1.38. The van der Waals surface area contributed by atoms with Gasteiger partial charge in [-0.3, -0.25) is 0 Å². The molecule has 0 bridgehead atoms. The molecule has 72 valence electrons. The topological polar surface area (TPSA) is 21.3 Å². The molecule has 1 aliphatic heterocycles. The van der Waals surface area contributed by atoms with Crippen LogP contribution >= 0.6 is 11.3 Å². The zero-order chi connectivity index (χ0) is 9.10. The Morgan fingerprint density at radius 1 is 1.69 bits per heavy atom. The van der Waals surface area contributed by atoms with Gasteiger partial charge in [-0.25, -0.2) is 0 Å². The smallest absolute Gasteiger partial charge is 0.104 e. The van der Waals surface area contributed by atoms with Crippen LogP contribution < -0.4 is 5.32 Å². The molecule has 0 aromatic carbocycles. The van der Waals surface area contributed by atoms with Crippen molar-refractivity contribution in [1.29, 1.82) is 0 Å². The maximum Gasteiger partial charge on any atom is 0.104 e. The molecule has 13 heavy (non-hydrogen) atoms. The molecule has 1 aliphatic rings. The number of hydrogen-bond acceptors (Lipinski definition) is 3.